The summed E-state index contributed by atoms with van der Waals surface area (Å²) >= 11 is 11.7. The van der Waals surface area contributed by atoms with Gasteiger partial charge >= 0.3 is 0 Å². The van der Waals surface area contributed by atoms with Crippen LogP contribution >= 0.6 is 23.2 Å². The van der Waals surface area contributed by atoms with Crippen LogP contribution in [0.3, 0.4) is 0 Å². The molecule has 2 N–H and O–H groups in total. The maximum atomic E-state index is 12.8. The maximum absolute atomic E-state index is 12.8. The van der Waals surface area contributed by atoms with Crippen LogP contribution in [0.25, 0.3) is 0 Å². The minimum Gasteiger partial charge on any atom is -0.482 e. The third-order valence-corrected chi connectivity index (χ3v) is 3.40. The number of carbonyl (C=O) groups excluding carboxylic acids is 2. The normalized spacial score (nSPS) is 10.1. The summed E-state index contributed by atoms with van der Waals surface area (Å²) in [5, 5.41) is 0.723. The maximum Gasteiger partial charge on any atom is 0.276 e. The fourth-order valence-corrected chi connectivity index (χ4v) is 2.21. The van der Waals surface area contributed by atoms with E-state index in [9.17, 15) is 14.0 Å². The zero-order valence-corrected chi connectivity index (χ0v) is 13.8. The van der Waals surface area contributed by atoms with Crippen LogP contribution in [0.2, 0.25) is 10.0 Å². The zero-order valence-electron chi connectivity index (χ0n) is 12.3. The van der Waals surface area contributed by atoms with Gasteiger partial charge in [-0.25, -0.2) is 4.39 Å². The SMILES string of the molecule is O=C(COc1ccc(Cl)cc1Cl)NNC(=O)Cc1ccc(F)cc1. The summed E-state index contributed by atoms with van der Waals surface area (Å²) in [6.07, 6.45) is 0.00439. The lowest BCUT2D eigenvalue weighted by Crippen LogP contribution is -2.44. The van der Waals surface area contributed by atoms with Crippen molar-refractivity contribution in [1.82, 2.24) is 10.9 Å². The molecule has 0 unspecified atom stereocenters. The summed E-state index contributed by atoms with van der Waals surface area (Å²) in [5.41, 5.74) is 5.07. The molecule has 2 aromatic rings. The molecule has 0 radical (unpaired) electrons. The molecule has 0 spiro atoms. The molecule has 0 fully saturated rings. The van der Waals surface area contributed by atoms with E-state index in [2.05, 4.69) is 10.9 Å². The number of hydrazine groups is 1. The number of carbonyl (C=O) groups is 2. The third-order valence-electron chi connectivity index (χ3n) is 2.87. The van der Waals surface area contributed by atoms with Gasteiger partial charge in [0.1, 0.15) is 11.6 Å². The van der Waals surface area contributed by atoms with Crippen LogP contribution < -0.4 is 15.6 Å². The van der Waals surface area contributed by atoms with Gasteiger partial charge in [0, 0.05) is 5.02 Å². The lowest BCUT2D eigenvalue weighted by Gasteiger charge is -2.10. The lowest BCUT2D eigenvalue weighted by atomic mass is 10.1. The van der Waals surface area contributed by atoms with Crippen molar-refractivity contribution in [1.29, 1.82) is 0 Å². The molecule has 8 heteroatoms. The monoisotopic (exact) mass is 370 g/mol. The molecular formula is C16H13Cl2FN2O3. The Balaban J connectivity index is 1.74. The van der Waals surface area contributed by atoms with Crippen LogP contribution in [-0.4, -0.2) is 18.4 Å². The predicted molar refractivity (Wildman–Crippen MR) is 88.3 cm³/mol. The van der Waals surface area contributed by atoms with Gasteiger partial charge in [0.15, 0.2) is 6.61 Å². The van der Waals surface area contributed by atoms with Crippen molar-refractivity contribution < 1.29 is 18.7 Å². The minimum absolute atomic E-state index is 0.00439. The van der Waals surface area contributed by atoms with E-state index in [1.807, 2.05) is 0 Å². The number of amides is 2. The fraction of sp³-hybridized carbons (Fsp3) is 0.125. The highest BCUT2D eigenvalue weighted by atomic mass is 35.5. The van der Waals surface area contributed by atoms with Gasteiger partial charge in [-0.3, -0.25) is 20.4 Å². The van der Waals surface area contributed by atoms with Gasteiger partial charge < -0.3 is 4.74 Å². The molecule has 0 saturated heterocycles. The van der Waals surface area contributed by atoms with Gasteiger partial charge in [-0.05, 0) is 35.9 Å². The Labute approximate surface area is 147 Å². The van der Waals surface area contributed by atoms with Crippen LogP contribution in [0.1, 0.15) is 5.56 Å². The third kappa shape index (κ3) is 5.72. The summed E-state index contributed by atoms with van der Waals surface area (Å²) in [6.45, 7) is -0.335. The zero-order chi connectivity index (χ0) is 17.5. The average Bonchev–Trinajstić information content (AvgIpc) is 2.54. The van der Waals surface area contributed by atoms with E-state index in [1.165, 1.54) is 36.4 Å². The smallest absolute Gasteiger partial charge is 0.276 e. The van der Waals surface area contributed by atoms with E-state index in [-0.39, 0.29) is 23.9 Å². The molecule has 0 aliphatic rings. The molecule has 0 saturated carbocycles. The first-order valence-electron chi connectivity index (χ1n) is 6.84. The van der Waals surface area contributed by atoms with Gasteiger partial charge in [-0.1, -0.05) is 35.3 Å². The Morgan fingerprint density at radius 2 is 1.67 bits per heavy atom. The van der Waals surface area contributed by atoms with Crippen LogP contribution in [-0.2, 0) is 16.0 Å². The quantitative estimate of drug-likeness (QED) is 0.795. The Hall–Kier alpha value is -2.31. The molecule has 2 amide bonds. The van der Waals surface area contributed by atoms with Gasteiger partial charge in [0.25, 0.3) is 5.91 Å². The Morgan fingerprint density at radius 1 is 1.00 bits per heavy atom. The Kier molecular flexibility index (Phi) is 6.40. The van der Waals surface area contributed by atoms with Crippen molar-refractivity contribution >= 4 is 35.0 Å². The van der Waals surface area contributed by atoms with Gasteiger partial charge in [0.2, 0.25) is 5.91 Å². The van der Waals surface area contributed by atoms with Crippen LogP contribution in [0, 0.1) is 5.82 Å². The van der Waals surface area contributed by atoms with Crippen LogP contribution in [0.5, 0.6) is 5.75 Å². The van der Waals surface area contributed by atoms with Crippen molar-refractivity contribution in [2.24, 2.45) is 0 Å². The summed E-state index contributed by atoms with van der Waals surface area (Å²) in [4.78, 5) is 23.3. The number of benzene rings is 2. The fourth-order valence-electron chi connectivity index (χ4n) is 1.74. The molecule has 0 bridgehead atoms. The average molecular weight is 371 g/mol. The lowest BCUT2D eigenvalue weighted by molar-refractivity contribution is -0.129. The first kappa shape index (κ1) is 18.0. The topological polar surface area (TPSA) is 67.4 Å². The number of ether oxygens (including phenoxy) is 1. The second-order valence-corrected chi connectivity index (χ2v) is 5.61. The first-order chi connectivity index (χ1) is 11.4. The van der Waals surface area contributed by atoms with Crippen molar-refractivity contribution in [3.05, 3.63) is 63.9 Å². The molecule has 5 nitrogen and oxygen atoms in total. The highest BCUT2D eigenvalue weighted by molar-refractivity contribution is 6.35. The Morgan fingerprint density at radius 3 is 2.33 bits per heavy atom. The molecule has 0 aromatic heterocycles. The van der Waals surface area contributed by atoms with Crippen molar-refractivity contribution in [2.75, 3.05) is 6.61 Å². The number of halogens is 3. The number of hydrogen-bond donors (Lipinski definition) is 2. The largest absolute Gasteiger partial charge is 0.482 e. The summed E-state index contributed by atoms with van der Waals surface area (Å²) in [6, 6.07) is 10.1. The van der Waals surface area contributed by atoms with E-state index in [0.717, 1.165) is 0 Å². The van der Waals surface area contributed by atoms with Gasteiger partial charge in [-0.15, -0.1) is 0 Å². The van der Waals surface area contributed by atoms with Gasteiger partial charge in [0.05, 0.1) is 11.4 Å². The molecule has 24 heavy (non-hydrogen) atoms. The molecular weight excluding hydrogens is 358 g/mol. The summed E-state index contributed by atoms with van der Waals surface area (Å²) in [7, 11) is 0. The minimum atomic E-state index is -0.562. The second-order valence-electron chi connectivity index (χ2n) is 4.76. The van der Waals surface area contributed by atoms with Crippen molar-refractivity contribution in [2.45, 2.75) is 6.42 Å². The van der Waals surface area contributed by atoms with Gasteiger partial charge in [-0.2, -0.15) is 0 Å². The highest BCUT2D eigenvalue weighted by Crippen LogP contribution is 2.27. The second kappa shape index (κ2) is 8.52. The van der Waals surface area contributed by atoms with E-state index in [4.69, 9.17) is 27.9 Å². The van der Waals surface area contributed by atoms with E-state index >= 15 is 0 Å². The molecule has 2 rings (SSSR count). The predicted octanol–water partition coefficient (Wildman–Crippen LogP) is 2.90. The van der Waals surface area contributed by atoms with E-state index in [0.29, 0.717) is 16.3 Å². The van der Waals surface area contributed by atoms with Crippen LogP contribution in [0.4, 0.5) is 4.39 Å². The number of hydrogen-bond acceptors (Lipinski definition) is 3. The van der Waals surface area contributed by atoms with E-state index in [1.54, 1.807) is 6.07 Å². The summed E-state index contributed by atoms with van der Waals surface area (Å²) < 4.78 is 18.0. The molecule has 126 valence electrons. The standard InChI is InChI=1S/C16H13Cl2FN2O3/c17-11-3-6-14(13(18)8-11)24-9-16(23)21-20-15(22)7-10-1-4-12(19)5-2-10/h1-6,8H,7,9H2,(H,20,22)(H,21,23). The van der Waals surface area contributed by atoms with Crippen molar-refractivity contribution in [3.63, 3.8) is 0 Å². The van der Waals surface area contributed by atoms with Crippen LogP contribution in [0.15, 0.2) is 42.5 Å². The number of nitrogens with one attached hydrogen (secondary N) is 2. The first-order valence-corrected chi connectivity index (χ1v) is 7.59. The molecule has 0 aliphatic carbocycles. The molecule has 0 heterocycles. The molecule has 0 atom stereocenters. The molecule has 0 aliphatic heterocycles. The number of rotatable bonds is 5. The molecule has 2 aromatic carbocycles. The Bertz CT molecular complexity index is 739. The van der Waals surface area contributed by atoms with Crippen molar-refractivity contribution in [3.8, 4) is 5.75 Å². The summed E-state index contributed by atoms with van der Waals surface area (Å²) in [5.74, 6) is -1.09. The van der Waals surface area contributed by atoms with E-state index < -0.39 is 11.8 Å². The highest BCUT2D eigenvalue weighted by Gasteiger charge is 2.08.